The van der Waals surface area contributed by atoms with Gasteiger partial charge < -0.3 is 14.4 Å². The van der Waals surface area contributed by atoms with Crippen molar-refractivity contribution in [1.82, 2.24) is 14.3 Å². The Bertz CT molecular complexity index is 1470. The molecule has 0 aliphatic carbocycles. The molecule has 4 aromatic rings. The van der Waals surface area contributed by atoms with Gasteiger partial charge in [-0.15, -0.1) is 0 Å². The van der Waals surface area contributed by atoms with Crippen LogP contribution >= 0.6 is 11.3 Å². The number of fused-ring (bicyclic) bond motifs is 3. The van der Waals surface area contributed by atoms with E-state index in [0.717, 1.165) is 28.6 Å². The fourth-order valence-corrected chi connectivity index (χ4v) is 5.62. The van der Waals surface area contributed by atoms with Gasteiger partial charge in [0.2, 0.25) is 0 Å². The maximum Gasteiger partial charge on any atom is 0.410 e. The highest BCUT2D eigenvalue weighted by atomic mass is 32.1. The first-order valence-corrected chi connectivity index (χ1v) is 12.8. The van der Waals surface area contributed by atoms with E-state index in [2.05, 4.69) is 4.98 Å². The zero-order valence-corrected chi connectivity index (χ0v) is 21.5. The van der Waals surface area contributed by atoms with Crippen molar-refractivity contribution < 1.29 is 23.5 Å². The molecule has 1 aliphatic rings. The van der Waals surface area contributed by atoms with Crippen molar-refractivity contribution in [3.05, 3.63) is 59.5 Å². The maximum absolute atomic E-state index is 15.3. The standard InChI is InChI=1S/C27H28FN3O4S/c1-5-34-24(32)17-9-11-22-23(14-17)36-25-29-20(15-31(22)25)18-10-8-16(13-19(18)28)21-7-6-12-30(21)26(33)35-27(2,3)4/h8-11,13-15,21H,5-7,12H2,1-4H3. The average molecular weight is 510 g/mol. The van der Waals surface area contributed by atoms with Gasteiger partial charge in [-0.1, -0.05) is 17.4 Å². The van der Waals surface area contributed by atoms with Gasteiger partial charge >= 0.3 is 12.1 Å². The fourth-order valence-electron chi connectivity index (χ4n) is 4.57. The zero-order valence-electron chi connectivity index (χ0n) is 20.7. The first-order valence-electron chi connectivity index (χ1n) is 12.0. The van der Waals surface area contributed by atoms with E-state index in [1.165, 1.54) is 17.4 Å². The molecule has 2 aromatic heterocycles. The average Bonchev–Trinajstić information content (AvgIpc) is 3.52. The number of thiazole rings is 1. The summed E-state index contributed by atoms with van der Waals surface area (Å²) in [4.78, 5) is 31.7. The Morgan fingerprint density at radius 2 is 2.00 bits per heavy atom. The number of carbonyl (C=O) groups excluding carboxylic acids is 2. The normalized spacial score (nSPS) is 16.1. The number of imidazole rings is 1. The van der Waals surface area contributed by atoms with E-state index >= 15 is 4.39 Å². The zero-order chi connectivity index (χ0) is 25.6. The fraction of sp³-hybridized carbons (Fsp3) is 0.370. The van der Waals surface area contributed by atoms with Gasteiger partial charge in [0.05, 0.1) is 34.1 Å². The third kappa shape index (κ3) is 4.55. The lowest BCUT2D eigenvalue weighted by Gasteiger charge is -2.29. The smallest absolute Gasteiger partial charge is 0.410 e. The van der Waals surface area contributed by atoms with E-state index < -0.39 is 5.60 Å². The molecule has 0 radical (unpaired) electrons. The SMILES string of the molecule is CCOC(=O)c1ccc2c(c1)sc1nc(-c3ccc(C4CCCN4C(=O)OC(C)(C)C)cc3F)cn12. The number of carbonyl (C=O) groups is 2. The van der Waals surface area contributed by atoms with Crippen LogP contribution in [0.5, 0.6) is 0 Å². The lowest BCUT2D eigenvalue weighted by molar-refractivity contribution is 0.0224. The van der Waals surface area contributed by atoms with Crippen LogP contribution < -0.4 is 0 Å². The third-order valence-corrected chi connectivity index (χ3v) is 7.16. The van der Waals surface area contributed by atoms with E-state index in [4.69, 9.17) is 9.47 Å². The van der Waals surface area contributed by atoms with Crippen molar-refractivity contribution in [3.8, 4) is 11.3 Å². The van der Waals surface area contributed by atoms with E-state index in [9.17, 15) is 9.59 Å². The summed E-state index contributed by atoms with van der Waals surface area (Å²) in [5, 5.41) is 0. The van der Waals surface area contributed by atoms with Crippen LogP contribution in [0.15, 0.2) is 42.6 Å². The summed E-state index contributed by atoms with van der Waals surface area (Å²) in [7, 11) is 0. The number of hydrogen-bond donors (Lipinski definition) is 0. The molecule has 1 unspecified atom stereocenters. The Hall–Kier alpha value is -3.46. The number of nitrogens with zero attached hydrogens (tertiary/aromatic N) is 3. The summed E-state index contributed by atoms with van der Waals surface area (Å²) in [5.41, 5.74) is 2.46. The molecule has 0 N–H and O–H groups in total. The minimum Gasteiger partial charge on any atom is -0.462 e. The molecule has 0 saturated carbocycles. The Morgan fingerprint density at radius 1 is 1.19 bits per heavy atom. The van der Waals surface area contributed by atoms with Gasteiger partial charge in [-0.2, -0.15) is 0 Å². The van der Waals surface area contributed by atoms with Gasteiger partial charge in [-0.25, -0.2) is 19.0 Å². The van der Waals surface area contributed by atoms with Crippen LogP contribution in [0.25, 0.3) is 26.4 Å². The van der Waals surface area contributed by atoms with Crippen LogP contribution in [0, 0.1) is 5.82 Å². The van der Waals surface area contributed by atoms with Gasteiger partial charge in [-0.05, 0) is 76.4 Å². The summed E-state index contributed by atoms with van der Waals surface area (Å²) < 4.78 is 28.7. The Balaban J connectivity index is 1.42. The number of benzene rings is 2. The van der Waals surface area contributed by atoms with Crippen LogP contribution in [0.1, 0.15) is 62.5 Å². The maximum atomic E-state index is 15.3. The van der Waals surface area contributed by atoms with Crippen LogP contribution in [-0.2, 0) is 9.47 Å². The monoisotopic (exact) mass is 509 g/mol. The third-order valence-electron chi connectivity index (χ3n) is 6.14. The van der Waals surface area contributed by atoms with Gasteiger partial charge in [0.1, 0.15) is 11.4 Å². The molecule has 2 aromatic carbocycles. The summed E-state index contributed by atoms with van der Waals surface area (Å²) in [6, 6.07) is 10.2. The summed E-state index contributed by atoms with van der Waals surface area (Å²) >= 11 is 1.43. The summed E-state index contributed by atoms with van der Waals surface area (Å²) in [5.74, 6) is -0.746. The van der Waals surface area contributed by atoms with Crippen molar-refractivity contribution >= 4 is 38.6 Å². The first kappa shape index (κ1) is 24.2. The van der Waals surface area contributed by atoms with Gasteiger partial charge in [-0.3, -0.25) is 4.40 Å². The number of esters is 1. The van der Waals surface area contributed by atoms with Crippen LogP contribution in [-0.4, -0.2) is 45.1 Å². The van der Waals surface area contributed by atoms with Crippen LogP contribution in [0.3, 0.4) is 0 Å². The Kier molecular flexibility index (Phi) is 6.20. The molecule has 7 nitrogen and oxygen atoms in total. The molecule has 0 bridgehead atoms. The molecule has 36 heavy (non-hydrogen) atoms. The molecule has 1 amide bonds. The number of hydrogen-bond acceptors (Lipinski definition) is 6. The highest BCUT2D eigenvalue weighted by molar-refractivity contribution is 7.23. The first-order chi connectivity index (χ1) is 17.1. The minimum atomic E-state index is -0.585. The molecule has 188 valence electrons. The number of ether oxygens (including phenoxy) is 2. The molecule has 1 saturated heterocycles. The molecule has 9 heteroatoms. The second-order valence-corrected chi connectivity index (χ2v) is 10.9. The lowest BCUT2D eigenvalue weighted by Crippen LogP contribution is -2.36. The van der Waals surface area contributed by atoms with Crippen molar-refractivity contribution in [2.75, 3.05) is 13.2 Å². The van der Waals surface area contributed by atoms with E-state index in [0.29, 0.717) is 34.9 Å². The van der Waals surface area contributed by atoms with Crippen LogP contribution in [0.4, 0.5) is 9.18 Å². The topological polar surface area (TPSA) is 73.1 Å². The van der Waals surface area contributed by atoms with Crippen molar-refractivity contribution in [2.45, 2.75) is 52.2 Å². The number of amides is 1. The molecular weight excluding hydrogens is 481 g/mol. The van der Waals surface area contributed by atoms with Gasteiger partial charge in [0, 0.05) is 18.3 Å². The predicted octanol–water partition coefficient (Wildman–Crippen LogP) is 6.60. The quantitative estimate of drug-likeness (QED) is 0.290. The number of likely N-dealkylation sites (tertiary alicyclic amines) is 1. The lowest BCUT2D eigenvalue weighted by atomic mass is 10.0. The molecular formula is C27H28FN3O4S. The van der Waals surface area contributed by atoms with Gasteiger partial charge in [0.15, 0.2) is 4.96 Å². The van der Waals surface area contributed by atoms with E-state index in [-0.39, 0.29) is 23.9 Å². The largest absolute Gasteiger partial charge is 0.462 e. The number of halogens is 1. The summed E-state index contributed by atoms with van der Waals surface area (Å²) in [6.07, 6.45) is 3.04. The Morgan fingerprint density at radius 3 is 2.72 bits per heavy atom. The Labute approximate surface area is 212 Å². The van der Waals surface area contributed by atoms with E-state index in [1.54, 1.807) is 36.2 Å². The highest BCUT2D eigenvalue weighted by Gasteiger charge is 2.33. The second-order valence-electron chi connectivity index (χ2n) is 9.85. The number of rotatable bonds is 4. The van der Waals surface area contributed by atoms with Crippen LogP contribution in [0.2, 0.25) is 0 Å². The molecule has 1 aliphatic heterocycles. The predicted molar refractivity (Wildman–Crippen MR) is 137 cm³/mol. The highest BCUT2D eigenvalue weighted by Crippen LogP contribution is 2.36. The second kappa shape index (κ2) is 9.20. The minimum absolute atomic E-state index is 0.216. The van der Waals surface area contributed by atoms with Crippen molar-refractivity contribution in [3.63, 3.8) is 0 Å². The molecule has 1 fully saturated rings. The number of aromatic nitrogens is 2. The molecule has 5 rings (SSSR count). The van der Waals surface area contributed by atoms with Gasteiger partial charge in [0.25, 0.3) is 0 Å². The molecule has 1 atom stereocenters. The van der Waals surface area contributed by atoms with E-state index in [1.807, 2.05) is 37.3 Å². The molecule has 0 spiro atoms. The van der Waals surface area contributed by atoms with Crippen molar-refractivity contribution in [1.29, 1.82) is 0 Å². The summed E-state index contributed by atoms with van der Waals surface area (Å²) in [6.45, 7) is 8.19. The van der Waals surface area contributed by atoms with Crippen molar-refractivity contribution in [2.24, 2.45) is 0 Å². The molecule has 3 heterocycles.